The summed E-state index contributed by atoms with van der Waals surface area (Å²) in [6.07, 6.45) is 1.69. The molecule has 0 spiro atoms. The van der Waals surface area contributed by atoms with Gasteiger partial charge in [0.05, 0.1) is 18.8 Å². The highest BCUT2D eigenvalue weighted by Gasteiger charge is 2.20. The number of nitrogens with one attached hydrogen (secondary N) is 1. The molecule has 1 aromatic carbocycles. The van der Waals surface area contributed by atoms with Crippen molar-refractivity contribution in [2.45, 2.75) is 6.04 Å². The monoisotopic (exact) mass is 402 g/mol. The van der Waals surface area contributed by atoms with E-state index in [-0.39, 0.29) is 11.9 Å². The Balaban J connectivity index is 2.47. The van der Waals surface area contributed by atoms with Crippen LogP contribution in [0.3, 0.4) is 0 Å². The molecule has 20 heavy (non-hydrogen) atoms. The molecule has 0 saturated carbocycles. The number of halogens is 3. The minimum absolute atomic E-state index is 0.333. The molecule has 0 bridgehead atoms. The Morgan fingerprint density at radius 1 is 1.30 bits per heavy atom. The number of rotatable bonds is 4. The Hall–Kier alpha value is -0.980. The quantitative estimate of drug-likeness (QED) is 0.835. The number of nitrogens with zero attached hydrogens (tertiary/aromatic N) is 1. The topological polar surface area (TPSA) is 34.1 Å². The van der Waals surface area contributed by atoms with Crippen molar-refractivity contribution >= 4 is 31.9 Å². The van der Waals surface area contributed by atoms with Crippen LogP contribution in [0.25, 0.3) is 0 Å². The van der Waals surface area contributed by atoms with Crippen molar-refractivity contribution in [2.75, 3.05) is 14.2 Å². The van der Waals surface area contributed by atoms with E-state index >= 15 is 0 Å². The van der Waals surface area contributed by atoms with Gasteiger partial charge in [0.15, 0.2) is 0 Å². The second-order valence-corrected chi connectivity index (χ2v) is 5.90. The van der Waals surface area contributed by atoms with Crippen LogP contribution in [0, 0.1) is 5.82 Å². The van der Waals surface area contributed by atoms with Gasteiger partial charge in [-0.2, -0.15) is 0 Å². The zero-order valence-corrected chi connectivity index (χ0v) is 14.1. The molecule has 2 rings (SSSR count). The highest BCUT2D eigenvalue weighted by molar-refractivity contribution is 9.11. The molecule has 1 aromatic heterocycles. The molecule has 1 atom stereocenters. The Morgan fingerprint density at radius 2 is 2.05 bits per heavy atom. The number of aromatic nitrogens is 1. The van der Waals surface area contributed by atoms with E-state index in [2.05, 4.69) is 42.2 Å². The smallest absolute Gasteiger partial charge is 0.132 e. The summed E-state index contributed by atoms with van der Waals surface area (Å²) in [6, 6.07) is 6.34. The van der Waals surface area contributed by atoms with Crippen LogP contribution in [0.15, 0.2) is 39.4 Å². The zero-order chi connectivity index (χ0) is 14.7. The molecule has 0 aliphatic heterocycles. The predicted molar refractivity (Wildman–Crippen MR) is 83.5 cm³/mol. The first-order chi connectivity index (χ1) is 9.56. The Bertz CT molecular complexity index is 622. The van der Waals surface area contributed by atoms with Crippen LogP contribution in [-0.2, 0) is 0 Å². The average molecular weight is 404 g/mol. The molecule has 1 heterocycles. The van der Waals surface area contributed by atoms with Crippen molar-refractivity contribution in [2.24, 2.45) is 0 Å². The predicted octanol–water partition coefficient (Wildman–Crippen LogP) is 4.06. The standard InChI is InChI=1S/C14H13Br2FN2O/c1-18-13(14-11(16)5-8(15)7-19-14)10-4-3-9(20-2)6-12(10)17/h3-7,13,18H,1-2H3. The van der Waals surface area contributed by atoms with Crippen LogP contribution in [0.2, 0.25) is 0 Å². The van der Waals surface area contributed by atoms with Crippen molar-refractivity contribution < 1.29 is 9.13 Å². The van der Waals surface area contributed by atoms with Gasteiger partial charge in [0.2, 0.25) is 0 Å². The lowest BCUT2D eigenvalue weighted by Gasteiger charge is -2.18. The van der Waals surface area contributed by atoms with Gasteiger partial charge in [-0.15, -0.1) is 0 Å². The molecule has 3 nitrogen and oxygen atoms in total. The Kier molecular flexibility index (Phi) is 5.12. The molecule has 0 aliphatic carbocycles. The minimum atomic E-state index is -0.344. The van der Waals surface area contributed by atoms with Gasteiger partial charge < -0.3 is 10.1 Å². The van der Waals surface area contributed by atoms with Crippen molar-refractivity contribution in [1.29, 1.82) is 0 Å². The number of benzene rings is 1. The van der Waals surface area contributed by atoms with E-state index in [9.17, 15) is 4.39 Å². The first-order valence-electron chi connectivity index (χ1n) is 5.88. The van der Waals surface area contributed by atoms with E-state index in [1.165, 1.54) is 13.2 Å². The molecular formula is C14H13Br2FN2O. The summed E-state index contributed by atoms with van der Waals surface area (Å²) < 4.78 is 20.9. The zero-order valence-electron chi connectivity index (χ0n) is 11.0. The SMILES string of the molecule is CNC(c1ccc(OC)cc1F)c1ncc(Br)cc1Br. The molecule has 1 unspecified atom stereocenters. The lowest BCUT2D eigenvalue weighted by Crippen LogP contribution is -2.20. The number of hydrogen-bond donors (Lipinski definition) is 1. The van der Waals surface area contributed by atoms with E-state index in [0.717, 1.165) is 14.6 Å². The van der Waals surface area contributed by atoms with Crippen LogP contribution in [-0.4, -0.2) is 19.1 Å². The second kappa shape index (κ2) is 6.65. The Morgan fingerprint density at radius 3 is 2.60 bits per heavy atom. The largest absolute Gasteiger partial charge is 0.497 e. The normalized spacial score (nSPS) is 12.2. The molecular weight excluding hydrogens is 391 g/mol. The van der Waals surface area contributed by atoms with Gasteiger partial charge in [0, 0.05) is 26.8 Å². The number of hydrogen-bond acceptors (Lipinski definition) is 3. The van der Waals surface area contributed by atoms with Gasteiger partial charge in [-0.1, -0.05) is 6.07 Å². The van der Waals surface area contributed by atoms with Gasteiger partial charge in [-0.3, -0.25) is 4.98 Å². The third-order valence-corrected chi connectivity index (χ3v) is 3.99. The summed E-state index contributed by atoms with van der Waals surface area (Å²) in [6.45, 7) is 0. The minimum Gasteiger partial charge on any atom is -0.497 e. The van der Waals surface area contributed by atoms with Gasteiger partial charge >= 0.3 is 0 Å². The highest BCUT2D eigenvalue weighted by Crippen LogP contribution is 2.31. The lowest BCUT2D eigenvalue weighted by atomic mass is 10.0. The number of methoxy groups -OCH3 is 1. The maximum Gasteiger partial charge on any atom is 0.132 e. The summed E-state index contributed by atoms with van der Waals surface area (Å²) in [4.78, 5) is 4.35. The van der Waals surface area contributed by atoms with Crippen LogP contribution in [0.4, 0.5) is 4.39 Å². The van der Waals surface area contributed by atoms with Crippen LogP contribution < -0.4 is 10.1 Å². The van der Waals surface area contributed by atoms with Crippen molar-refractivity contribution in [3.05, 3.63) is 56.5 Å². The molecule has 0 saturated heterocycles. The van der Waals surface area contributed by atoms with Gasteiger partial charge in [-0.25, -0.2) is 4.39 Å². The lowest BCUT2D eigenvalue weighted by molar-refractivity contribution is 0.410. The summed E-state index contributed by atoms with van der Waals surface area (Å²) in [5, 5.41) is 3.08. The number of ether oxygens (including phenoxy) is 1. The van der Waals surface area contributed by atoms with Crippen molar-refractivity contribution in [1.82, 2.24) is 10.3 Å². The molecule has 0 radical (unpaired) electrons. The van der Waals surface area contributed by atoms with Crippen molar-refractivity contribution in [3.8, 4) is 5.75 Å². The molecule has 0 fully saturated rings. The molecule has 0 amide bonds. The van der Waals surface area contributed by atoms with E-state index in [1.54, 1.807) is 25.4 Å². The van der Waals surface area contributed by atoms with Gasteiger partial charge in [0.1, 0.15) is 11.6 Å². The molecule has 6 heteroatoms. The van der Waals surface area contributed by atoms with E-state index < -0.39 is 0 Å². The maximum absolute atomic E-state index is 14.2. The Labute approximate surface area is 133 Å². The highest BCUT2D eigenvalue weighted by atomic mass is 79.9. The average Bonchev–Trinajstić information content (AvgIpc) is 2.43. The van der Waals surface area contributed by atoms with Crippen LogP contribution in [0.5, 0.6) is 5.75 Å². The third-order valence-electron chi connectivity index (χ3n) is 2.92. The van der Waals surface area contributed by atoms with Crippen LogP contribution in [0.1, 0.15) is 17.3 Å². The molecule has 0 aliphatic rings. The first kappa shape index (κ1) is 15.4. The summed E-state index contributed by atoms with van der Waals surface area (Å²) in [5.41, 5.74) is 1.24. The first-order valence-corrected chi connectivity index (χ1v) is 7.47. The van der Waals surface area contributed by atoms with Gasteiger partial charge in [-0.05, 0) is 51.0 Å². The van der Waals surface area contributed by atoms with Crippen LogP contribution >= 0.6 is 31.9 Å². The fraction of sp³-hybridized carbons (Fsp3) is 0.214. The van der Waals surface area contributed by atoms with E-state index in [4.69, 9.17) is 4.74 Å². The summed E-state index contributed by atoms with van der Waals surface area (Å²) in [7, 11) is 3.28. The molecule has 2 aromatic rings. The molecule has 1 N–H and O–H groups in total. The molecule has 106 valence electrons. The summed E-state index contributed by atoms with van der Waals surface area (Å²) in [5.74, 6) is 0.157. The third kappa shape index (κ3) is 3.19. The van der Waals surface area contributed by atoms with Gasteiger partial charge in [0.25, 0.3) is 0 Å². The second-order valence-electron chi connectivity index (χ2n) is 4.13. The number of pyridine rings is 1. The fourth-order valence-corrected chi connectivity index (χ4v) is 3.16. The van der Waals surface area contributed by atoms with Crippen molar-refractivity contribution in [3.63, 3.8) is 0 Å². The van der Waals surface area contributed by atoms with E-state index in [0.29, 0.717) is 11.3 Å². The van der Waals surface area contributed by atoms with E-state index in [1.807, 2.05) is 6.07 Å². The fourth-order valence-electron chi connectivity index (χ4n) is 1.95. The maximum atomic E-state index is 14.2. The summed E-state index contributed by atoms with van der Waals surface area (Å²) >= 11 is 6.81.